The Morgan fingerprint density at radius 1 is 0.697 bits per heavy atom. The fourth-order valence-corrected chi connectivity index (χ4v) is 11.4. The maximum Gasteiger partial charge on any atom is 0.309 e. The Morgan fingerprint density at radius 3 is 1.97 bits per heavy atom. The van der Waals surface area contributed by atoms with E-state index < -0.39 is 11.4 Å². The van der Waals surface area contributed by atoms with Crippen LogP contribution in [0.4, 0.5) is 0 Å². The molecule has 188 valence electrons. The molecule has 0 amide bonds. The van der Waals surface area contributed by atoms with Crippen LogP contribution in [0.15, 0.2) is 0 Å². The molecule has 5 rings (SSSR count). The van der Waals surface area contributed by atoms with Gasteiger partial charge in [0.25, 0.3) is 0 Å². The molecule has 10 atom stereocenters. The predicted molar refractivity (Wildman–Crippen MR) is 133 cm³/mol. The molecule has 0 bridgehead atoms. The lowest BCUT2D eigenvalue weighted by Gasteiger charge is -2.74. The minimum Gasteiger partial charge on any atom is -0.481 e. The van der Waals surface area contributed by atoms with E-state index in [4.69, 9.17) is 0 Å². The molecule has 0 spiro atoms. The number of aliphatic hydroxyl groups excluding tert-OH is 1. The standard InChI is InChI=1S/C30H50O3/c1-19-20(31)8-9-21-26(19,4)11-10-22-27(21,5)13-14-29(7)23-18-25(2,3)12-16-30(23,24(32)33)17-15-28(22,29)6/h19-23,31H,8-18H2,1-7H3,(H,32,33)/t19-,20-,21+,22-,23-,26+,27-,28+,29-,30-/m0/s1. The summed E-state index contributed by atoms with van der Waals surface area (Å²) in [7, 11) is 0. The first-order chi connectivity index (χ1) is 15.2. The van der Waals surface area contributed by atoms with Crippen LogP contribution >= 0.6 is 0 Å². The molecular formula is C30H50O3. The van der Waals surface area contributed by atoms with Crippen molar-refractivity contribution in [2.45, 2.75) is 125 Å². The van der Waals surface area contributed by atoms with E-state index in [9.17, 15) is 15.0 Å². The van der Waals surface area contributed by atoms with Crippen molar-refractivity contribution in [2.75, 3.05) is 0 Å². The number of hydrogen-bond donors (Lipinski definition) is 2. The summed E-state index contributed by atoms with van der Waals surface area (Å²) in [5.41, 5.74) is 0.578. The third-order valence-corrected chi connectivity index (χ3v) is 13.9. The molecule has 0 saturated heterocycles. The molecule has 0 aromatic heterocycles. The zero-order valence-electron chi connectivity index (χ0n) is 22.5. The van der Waals surface area contributed by atoms with Gasteiger partial charge in [-0.05, 0) is 121 Å². The van der Waals surface area contributed by atoms with Crippen molar-refractivity contribution in [3.63, 3.8) is 0 Å². The zero-order valence-corrected chi connectivity index (χ0v) is 22.5. The van der Waals surface area contributed by atoms with Crippen molar-refractivity contribution >= 4 is 5.97 Å². The van der Waals surface area contributed by atoms with Gasteiger partial charge >= 0.3 is 5.97 Å². The summed E-state index contributed by atoms with van der Waals surface area (Å²) < 4.78 is 0. The highest BCUT2D eigenvalue weighted by atomic mass is 16.4. The Kier molecular flexibility index (Phi) is 5.13. The number of fused-ring (bicyclic) bond motifs is 7. The van der Waals surface area contributed by atoms with Crippen molar-refractivity contribution < 1.29 is 15.0 Å². The van der Waals surface area contributed by atoms with Gasteiger partial charge in [0.15, 0.2) is 0 Å². The van der Waals surface area contributed by atoms with Gasteiger partial charge in [-0.3, -0.25) is 4.79 Å². The molecule has 0 aromatic carbocycles. The van der Waals surface area contributed by atoms with Gasteiger partial charge in [-0.25, -0.2) is 0 Å². The number of hydrogen-bond acceptors (Lipinski definition) is 2. The first-order valence-corrected chi connectivity index (χ1v) is 14.1. The zero-order chi connectivity index (χ0) is 24.2. The number of aliphatic carboxylic acids is 1. The normalized spacial score (nSPS) is 57.8. The van der Waals surface area contributed by atoms with Crippen LogP contribution in [0.2, 0.25) is 0 Å². The minimum absolute atomic E-state index is 0.0963. The van der Waals surface area contributed by atoms with Crippen molar-refractivity contribution in [3.8, 4) is 0 Å². The summed E-state index contributed by atoms with van der Waals surface area (Å²) in [5.74, 6) is 1.50. The van der Waals surface area contributed by atoms with Crippen molar-refractivity contribution in [3.05, 3.63) is 0 Å². The molecule has 33 heavy (non-hydrogen) atoms. The van der Waals surface area contributed by atoms with Crippen LogP contribution in [0, 0.1) is 56.2 Å². The van der Waals surface area contributed by atoms with Gasteiger partial charge in [0, 0.05) is 0 Å². The average Bonchev–Trinajstić information content (AvgIpc) is 2.73. The van der Waals surface area contributed by atoms with Crippen molar-refractivity contribution in [2.24, 2.45) is 56.2 Å². The van der Waals surface area contributed by atoms with Crippen molar-refractivity contribution in [1.82, 2.24) is 0 Å². The SMILES string of the molecule is C[C@H]1[C@@H](O)CC[C@@H]2[C@]1(C)CC[C@H]1[C@@]2(C)CC[C@@]2(C)[C@@H]3CC(C)(C)CC[C@]3(C(=O)O)CC[C@]12C. The van der Waals surface area contributed by atoms with Gasteiger partial charge in [-0.2, -0.15) is 0 Å². The second-order valence-electron chi connectivity index (χ2n) is 15.3. The van der Waals surface area contributed by atoms with Crippen LogP contribution in [-0.2, 0) is 4.79 Å². The highest BCUT2D eigenvalue weighted by Crippen LogP contribution is 2.78. The molecule has 0 aromatic rings. The minimum atomic E-state index is -0.510. The van der Waals surface area contributed by atoms with E-state index in [1.807, 2.05) is 0 Å². The number of carboxylic acids is 1. The smallest absolute Gasteiger partial charge is 0.309 e. The third kappa shape index (κ3) is 2.87. The first kappa shape index (κ1) is 24.1. The number of aliphatic hydroxyl groups is 1. The van der Waals surface area contributed by atoms with Gasteiger partial charge in [0.1, 0.15) is 0 Å². The van der Waals surface area contributed by atoms with Gasteiger partial charge < -0.3 is 10.2 Å². The third-order valence-electron chi connectivity index (χ3n) is 13.9. The molecule has 0 unspecified atom stereocenters. The molecule has 0 radical (unpaired) electrons. The maximum atomic E-state index is 12.9. The van der Waals surface area contributed by atoms with E-state index in [0.29, 0.717) is 23.2 Å². The summed E-state index contributed by atoms with van der Waals surface area (Å²) in [6.45, 7) is 17.3. The maximum absolute atomic E-state index is 12.9. The van der Waals surface area contributed by atoms with Crippen LogP contribution in [0.3, 0.4) is 0 Å². The van der Waals surface area contributed by atoms with E-state index in [-0.39, 0.29) is 33.7 Å². The Balaban J connectivity index is 1.57. The van der Waals surface area contributed by atoms with Crippen LogP contribution in [0.1, 0.15) is 119 Å². The fourth-order valence-electron chi connectivity index (χ4n) is 11.4. The fraction of sp³-hybridized carbons (Fsp3) is 0.967. The second kappa shape index (κ2) is 7.01. The summed E-state index contributed by atoms with van der Waals surface area (Å²) in [5, 5.41) is 21.3. The lowest BCUT2D eigenvalue weighted by atomic mass is 9.30. The van der Waals surface area contributed by atoms with E-state index in [1.54, 1.807) is 0 Å². The molecule has 5 fully saturated rings. The second-order valence-corrected chi connectivity index (χ2v) is 15.3. The van der Waals surface area contributed by atoms with Crippen LogP contribution in [0.25, 0.3) is 0 Å². The highest BCUT2D eigenvalue weighted by molar-refractivity contribution is 5.76. The molecule has 0 heterocycles. The summed E-state index contributed by atoms with van der Waals surface area (Å²) >= 11 is 0. The molecule has 5 aliphatic carbocycles. The molecule has 5 aliphatic rings. The molecule has 3 heteroatoms. The van der Waals surface area contributed by atoms with E-state index in [1.165, 1.54) is 25.7 Å². The summed E-state index contributed by atoms with van der Waals surface area (Å²) in [6, 6.07) is 0. The van der Waals surface area contributed by atoms with Crippen LogP contribution in [0.5, 0.6) is 0 Å². The van der Waals surface area contributed by atoms with Crippen LogP contribution in [-0.4, -0.2) is 22.3 Å². The lowest BCUT2D eigenvalue weighted by Crippen LogP contribution is -2.69. The quantitative estimate of drug-likeness (QED) is 0.433. The Bertz CT molecular complexity index is 834. The Hall–Kier alpha value is -0.570. The van der Waals surface area contributed by atoms with Crippen LogP contribution < -0.4 is 0 Å². The topological polar surface area (TPSA) is 57.5 Å². The number of rotatable bonds is 1. The average molecular weight is 459 g/mol. The highest BCUT2D eigenvalue weighted by Gasteiger charge is 2.72. The number of carbonyl (C=O) groups is 1. The van der Waals surface area contributed by atoms with E-state index >= 15 is 0 Å². The molecule has 5 saturated carbocycles. The molecule has 3 nitrogen and oxygen atoms in total. The first-order valence-electron chi connectivity index (χ1n) is 14.1. The Morgan fingerprint density at radius 2 is 1.30 bits per heavy atom. The molecule has 2 N–H and O–H groups in total. The van der Waals surface area contributed by atoms with Crippen molar-refractivity contribution in [1.29, 1.82) is 0 Å². The molecule has 0 aliphatic heterocycles. The van der Waals surface area contributed by atoms with Gasteiger partial charge in [0.2, 0.25) is 0 Å². The van der Waals surface area contributed by atoms with Gasteiger partial charge in [-0.1, -0.05) is 48.5 Å². The predicted octanol–water partition coefficient (Wildman–Crippen LogP) is 7.31. The van der Waals surface area contributed by atoms with E-state index in [0.717, 1.165) is 44.9 Å². The summed E-state index contributed by atoms with van der Waals surface area (Å²) in [6.07, 6.45) is 11.8. The lowest BCUT2D eigenvalue weighted by molar-refractivity contribution is -0.265. The van der Waals surface area contributed by atoms with Gasteiger partial charge in [0.05, 0.1) is 11.5 Å². The monoisotopic (exact) mass is 458 g/mol. The Labute approximate surface area is 202 Å². The van der Waals surface area contributed by atoms with E-state index in [2.05, 4.69) is 48.5 Å². The largest absolute Gasteiger partial charge is 0.481 e. The summed E-state index contributed by atoms with van der Waals surface area (Å²) in [4.78, 5) is 12.9. The van der Waals surface area contributed by atoms with Gasteiger partial charge in [-0.15, -0.1) is 0 Å². The number of carboxylic acid groups (broad SMARTS) is 1. The molecular weight excluding hydrogens is 408 g/mol.